The maximum absolute atomic E-state index is 12.4. The fourth-order valence-corrected chi connectivity index (χ4v) is 2.60. The molecule has 0 aromatic heterocycles. The van der Waals surface area contributed by atoms with Gasteiger partial charge in [0.2, 0.25) is 0 Å². The van der Waals surface area contributed by atoms with E-state index in [1.807, 2.05) is 0 Å². The van der Waals surface area contributed by atoms with E-state index in [-0.39, 0.29) is 22.3 Å². The summed E-state index contributed by atoms with van der Waals surface area (Å²) in [4.78, 5) is 41.6. The van der Waals surface area contributed by atoms with Gasteiger partial charge in [-0.15, -0.1) is 0 Å². The van der Waals surface area contributed by atoms with Crippen LogP contribution in [-0.4, -0.2) is 29.0 Å². The lowest BCUT2D eigenvalue weighted by Crippen LogP contribution is -2.33. The van der Waals surface area contributed by atoms with Crippen molar-refractivity contribution < 1.29 is 32.4 Å². The molecule has 0 unspecified atom stereocenters. The summed E-state index contributed by atoms with van der Waals surface area (Å²) in [7, 11) is 0. The van der Waals surface area contributed by atoms with Crippen molar-refractivity contribution >= 4 is 17.8 Å². The van der Waals surface area contributed by atoms with Gasteiger partial charge in [0.25, 0.3) is 11.8 Å². The van der Waals surface area contributed by atoms with Gasteiger partial charge < -0.3 is 4.84 Å². The lowest BCUT2D eigenvalue weighted by atomic mass is 10.0. The van der Waals surface area contributed by atoms with Gasteiger partial charge in [0.05, 0.1) is 16.7 Å². The average Bonchev–Trinajstić information content (AvgIpc) is 2.85. The smallest absolute Gasteiger partial charge is 0.324 e. The monoisotopic (exact) mass is 363 g/mol. The van der Waals surface area contributed by atoms with Crippen LogP contribution in [0.4, 0.5) is 13.2 Å². The van der Waals surface area contributed by atoms with Crippen LogP contribution in [0.5, 0.6) is 0 Å². The number of imide groups is 1. The molecule has 2 amide bonds. The SMILES string of the molecule is O=C(ON1C(=O)c2ccccc2C1=O)c1ccccc1CCC(F)(F)F. The van der Waals surface area contributed by atoms with E-state index < -0.39 is 36.8 Å². The number of aryl methyl sites for hydroxylation is 1. The molecule has 0 atom stereocenters. The summed E-state index contributed by atoms with van der Waals surface area (Å²) in [6.07, 6.45) is -5.90. The molecule has 0 fully saturated rings. The molecule has 2 aromatic carbocycles. The second-order valence-electron chi connectivity index (χ2n) is 5.60. The van der Waals surface area contributed by atoms with Crippen LogP contribution >= 0.6 is 0 Å². The molecular weight excluding hydrogens is 351 g/mol. The average molecular weight is 363 g/mol. The van der Waals surface area contributed by atoms with Crippen LogP contribution in [0.3, 0.4) is 0 Å². The first kappa shape index (κ1) is 17.7. The number of rotatable bonds is 4. The zero-order valence-electron chi connectivity index (χ0n) is 13.2. The maximum Gasteiger partial charge on any atom is 0.389 e. The Morgan fingerprint density at radius 3 is 2.04 bits per heavy atom. The molecule has 3 rings (SSSR count). The Hall–Kier alpha value is -3.16. The van der Waals surface area contributed by atoms with Crippen LogP contribution in [-0.2, 0) is 11.3 Å². The lowest BCUT2D eigenvalue weighted by Gasteiger charge is -2.15. The van der Waals surface area contributed by atoms with Crippen molar-refractivity contribution in [3.63, 3.8) is 0 Å². The van der Waals surface area contributed by atoms with Gasteiger partial charge in [-0.25, -0.2) is 4.79 Å². The van der Waals surface area contributed by atoms with E-state index in [2.05, 4.69) is 0 Å². The fraction of sp³-hybridized carbons (Fsp3) is 0.167. The highest BCUT2D eigenvalue weighted by molar-refractivity contribution is 6.21. The second kappa shape index (κ2) is 6.62. The van der Waals surface area contributed by atoms with Gasteiger partial charge in [0.15, 0.2) is 0 Å². The minimum Gasteiger partial charge on any atom is -0.324 e. The van der Waals surface area contributed by atoms with Crippen molar-refractivity contribution in [1.82, 2.24) is 5.06 Å². The molecule has 0 aliphatic carbocycles. The van der Waals surface area contributed by atoms with Crippen molar-refractivity contribution in [2.45, 2.75) is 19.0 Å². The predicted octanol–water partition coefficient (Wildman–Crippen LogP) is 3.55. The van der Waals surface area contributed by atoms with Gasteiger partial charge in [-0.3, -0.25) is 9.59 Å². The predicted molar refractivity (Wildman–Crippen MR) is 83.2 cm³/mol. The van der Waals surface area contributed by atoms with Crippen LogP contribution in [0.25, 0.3) is 0 Å². The van der Waals surface area contributed by atoms with Crippen molar-refractivity contribution in [3.05, 3.63) is 70.8 Å². The third kappa shape index (κ3) is 3.44. The van der Waals surface area contributed by atoms with Gasteiger partial charge in [-0.05, 0) is 30.2 Å². The molecule has 26 heavy (non-hydrogen) atoms. The minimum absolute atomic E-state index is 0.0932. The van der Waals surface area contributed by atoms with E-state index in [1.165, 1.54) is 36.4 Å². The van der Waals surface area contributed by atoms with E-state index in [0.717, 1.165) is 0 Å². The first-order valence-electron chi connectivity index (χ1n) is 7.63. The third-order valence-corrected chi connectivity index (χ3v) is 3.85. The molecule has 0 bridgehead atoms. The maximum atomic E-state index is 12.4. The Balaban J connectivity index is 1.80. The molecule has 1 aliphatic rings. The largest absolute Gasteiger partial charge is 0.389 e. The number of carbonyl (C=O) groups excluding carboxylic acids is 3. The number of nitrogens with zero attached hydrogens (tertiary/aromatic N) is 1. The van der Waals surface area contributed by atoms with Crippen LogP contribution in [0.2, 0.25) is 0 Å². The summed E-state index contributed by atoms with van der Waals surface area (Å²) < 4.78 is 37.3. The number of halogens is 3. The van der Waals surface area contributed by atoms with Gasteiger partial charge in [-0.2, -0.15) is 13.2 Å². The summed E-state index contributed by atoms with van der Waals surface area (Å²) in [5.74, 6) is -2.67. The molecule has 0 N–H and O–H groups in total. The Morgan fingerprint density at radius 1 is 0.923 bits per heavy atom. The fourth-order valence-electron chi connectivity index (χ4n) is 2.60. The van der Waals surface area contributed by atoms with Gasteiger partial charge in [0.1, 0.15) is 0 Å². The number of carbonyl (C=O) groups is 3. The van der Waals surface area contributed by atoms with Gasteiger partial charge in [0, 0.05) is 6.42 Å². The molecule has 0 saturated carbocycles. The molecule has 1 aliphatic heterocycles. The van der Waals surface area contributed by atoms with Gasteiger partial charge in [-0.1, -0.05) is 35.4 Å². The number of hydrogen-bond donors (Lipinski definition) is 0. The highest BCUT2D eigenvalue weighted by Crippen LogP contribution is 2.26. The highest BCUT2D eigenvalue weighted by atomic mass is 19.4. The van der Waals surface area contributed by atoms with E-state index in [0.29, 0.717) is 5.06 Å². The molecule has 1 heterocycles. The highest BCUT2D eigenvalue weighted by Gasteiger charge is 2.39. The molecule has 8 heteroatoms. The summed E-state index contributed by atoms with van der Waals surface area (Å²) >= 11 is 0. The van der Waals surface area contributed by atoms with E-state index in [9.17, 15) is 27.6 Å². The zero-order valence-corrected chi connectivity index (χ0v) is 13.2. The number of fused-ring (bicyclic) bond motifs is 1. The van der Waals surface area contributed by atoms with Crippen molar-refractivity contribution in [2.24, 2.45) is 0 Å². The molecule has 2 aromatic rings. The Labute approximate surface area is 145 Å². The first-order chi connectivity index (χ1) is 12.3. The third-order valence-electron chi connectivity index (χ3n) is 3.85. The topological polar surface area (TPSA) is 63.7 Å². The summed E-state index contributed by atoms with van der Waals surface area (Å²) in [6.45, 7) is 0. The molecule has 5 nitrogen and oxygen atoms in total. The summed E-state index contributed by atoms with van der Waals surface area (Å²) in [5.41, 5.74) is 0.172. The second-order valence-corrected chi connectivity index (χ2v) is 5.60. The minimum atomic E-state index is -4.38. The summed E-state index contributed by atoms with van der Waals surface area (Å²) in [5, 5.41) is 0.327. The Morgan fingerprint density at radius 2 is 1.46 bits per heavy atom. The first-order valence-corrected chi connectivity index (χ1v) is 7.63. The lowest BCUT2D eigenvalue weighted by molar-refractivity contribution is -0.134. The van der Waals surface area contributed by atoms with Crippen LogP contribution < -0.4 is 0 Å². The number of amides is 2. The molecule has 134 valence electrons. The number of hydrogen-bond acceptors (Lipinski definition) is 4. The number of hydroxylamine groups is 2. The molecule has 0 radical (unpaired) electrons. The molecule has 0 spiro atoms. The number of alkyl halides is 3. The van der Waals surface area contributed by atoms with E-state index in [1.54, 1.807) is 12.1 Å². The number of benzene rings is 2. The normalized spacial score (nSPS) is 13.7. The van der Waals surface area contributed by atoms with E-state index >= 15 is 0 Å². The zero-order chi connectivity index (χ0) is 18.9. The molecule has 0 saturated heterocycles. The quantitative estimate of drug-likeness (QED) is 0.780. The van der Waals surface area contributed by atoms with Crippen LogP contribution in [0.15, 0.2) is 48.5 Å². The Bertz CT molecular complexity index is 857. The van der Waals surface area contributed by atoms with Crippen LogP contribution in [0.1, 0.15) is 43.1 Å². The summed E-state index contributed by atoms with van der Waals surface area (Å²) in [6, 6.07) is 11.5. The Kier molecular flexibility index (Phi) is 4.50. The van der Waals surface area contributed by atoms with Gasteiger partial charge >= 0.3 is 12.1 Å². The molecular formula is C18H12F3NO4. The van der Waals surface area contributed by atoms with Crippen molar-refractivity contribution in [2.75, 3.05) is 0 Å². The van der Waals surface area contributed by atoms with Crippen molar-refractivity contribution in [3.8, 4) is 0 Å². The van der Waals surface area contributed by atoms with E-state index in [4.69, 9.17) is 4.84 Å². The van der Waals surface area contributed by atoms with Crippen molar-refractivity contribution in [1.29, 1.82) is 0 Å². The van der Waals surface area contributed by atoms with Crippen LogP contribution in [0, 0.1) is 0 Å². The standard InChI is InChI=1S/C18H12F3NO4/c19-18(20,21)10-9-11-5-1-2-6-12(11)17(25)26-22-15(23)13-7-3-4-8-14(13)16(22)24/h1-8H,9-10H2.